The number of carbonyl (C=O) groups is 1. The Kier molecular flexibility index (Phi) is 3.81. The van der Waals surface area contributed by atoms with Crippen LogP contribution in [0.1, 0.15) is 36.0 Å². The van der Waals surface area contributed by atoms with Gasteiger partial charge in [-0.05, 0) is 31.0 Å². The zero-order chi connectivity index (χ0) is 13.1. The predicted octanol–water partition coefficient (Wildman–Crippen LogP) is 1.44. The van der Waals surface area contributed by atoms with Crippen LogP contribution in [0.4, 0.5) is 10.1 Å². The Bertz CT molecular complexity index is 430. The van der Waals surface area contributed by atoms with Gasteiger partial charge in [0.05, 0.1) is 12.1 Å². The van der Waals surface area contributed by atoms with Gasteiger partial charge in [-0.2, -0.15) is 0 Å². The smallest absolute Gasteiger partial charge is 0.251 e. The quantitative estimate of drug-likeness (QED) is 0.697. The summed E-state index contributed by atoms with van der Waals surface area (Å²) in [6, 6.07) is 3.47. The molecule has 0 spiro atoms. The Morgan fingerprint density at radius 2 is 2.06 bits per heavy atom. The summed E-state index contributed by atoms with van der Waals surface area (Å²) in [5.74, 6) is -0.934. The highest BCUT2D eigenvalue weighted by atomic mass is 19.1. The molecular formula is C13H17FN2O2. The number of nitrogen functional groups attached to an aromatic ring is 1. The molecule has 1 aromatic carbocycles. The van der Waals surface area contributed by atoms with Gasteiger partial charge in [-0.1, -0.05) is 12.8 Å². The molecule has 1 amide bonds. The van der Waals surface area contributed by atoms with Crippen LogP contribution in [-0.4, -0.2) is 23.2 Å². The van der Waals surface area contributed by atoms with Gasteiger partial charge in [0.1, 0.15) is 5.82 Å². The highest BCUT2D eigenvalue weighted by Crippen LogP contribution is 2.19. The molecule has 1 saturated carbocycles. The van der Waals surface area contributed by atoms with Gasteiger partial charge in [0.2, 0.25) is 0 Å². The van der Waals surface area contributed by atoms with Gasteiger partial charge >= 0.3 is 0 Å². The zero-order valence-corrected chi connectivity index (χ0v) is 10.0. The maximum absolute atomic E-state index is 13.1. The molecule has 0 aromatic heterocycles. The average Bonchev–Trinajstić information content (AvgIpc) is 2.31. The van der Waals surface area contributed by atoms with Gasteiger partial charge in [-0.15, -0.1) is 0 Å². The summed E-state index contributed by atoms with van der Waals surface area (Å²) in [4.78, 5) is 11.9. The largest absolute Gasteiger partial charge is 0.399 e. The number of anilines is 1. The van der Waals surface area contributed by atoms with Crippen molar-refractivity contribution in [3.05, 3.63) is 29.6 Å². The summed E-state index contributed by atoms with van der Waals surface area (Å²) < 4.78 is 13.1. The molecule has 1 fully saturated rings. The minimum atomic E-state index is -0.538. The minimum Gasteiger partial charge on any atom is -0.399 e. The molecule has 0 saturated heterocycles. The van der Waals surface area contributed by atoms with Crippen LogP contribution in [-0.2, 0) is 0 Å². The van der Waals surface area contributed by atoms with E-state index in [1.54, 1.807) is 0 Å². The van der Waals surface area contributed by atoms with E-state index in [0.29, 0.717) is 6.42 Å². The molecule has 1 aromatic rings. The van der Waals surface area contributed by atoms with Crippen molar-refractivity contribution in [1.82, 2.24) is 5.32 Å². The summed E-state index contributed by atoms with van der Waals surface area (Å²) in [5, 5.41) is 12.5. The fourth-order valence-electron chi connectivity index (χ4n) is 2.27. The maximum atomic E-state index is 13.1. The molecule has 0 bridgehead atoms. The molecule has 1 aliphatic carbocycles. The lowest BCUT2D eigenvalue weighted by molar-refractivity contribution is 0.0717. The van der Waals surface area contributed by atoms with E-state index in [2.05, 4.69) is 5.32 Å². The third-order valence-electron chi connectivity index (χ3n) is 3.23. The molecule has 0 radical (unpaired) electrons. The number of hydrogen-bond donors (Lipinski definition) is 3. The van der Waals surface area contributed by atoms with Crippen LogP contribution < -0.4 is 11.1 Å². The molecule has 5 heteroatoms. The second-order valence-corrected chi connectivity index (χ2v) is 4.70. The van der Waals surface area contributed by atoms with Crippen LogP contribution in [0.25, 0.3) is 0 Å². The molecule has 0 heterocycles. The molecule has 4 nitrogen and oxygen atoms in total. The number of amides is 1. The minimum absolute atomic E-state index is 0.185. The van der Waals surface area contributed by atoms with Gasteiger partial charge in [-0.3, -0.25) is 4.79 Å². The van der Waals surface area contributed by atoms with Crippen molar-refractivity contribution in [2.45, 2.75) is 37.8 Å². The average molecular weight is 252 g/mol. The van der Waals surface area contributed by atoms with E-state index < -0.39 is 17.8 Å². The van der Waals surface area contributed by atoms with E-state index in [0.717, 1.165) is 31.4 Å². The Morgan fingerprint density at radius 3 is 2.72 bits per heavy atom. The number of hydrogen-bond acceptors (Lipinski definition) is 3. The molecule has 1 aliphatic rings. The molecule has 2 atom stereocenters. The van der Waals surface area contributed by atoms with Crippen molar-refractivity contribution in [3.8, 4) is 0 Å². The third-order valence-corrected chi connectivity index (χ3v) is 3.23. The van der Waals surface area contributed by atoms with Crippen molar-refractivity contribution in [1.29, 1.82) is 0 Å². The monoisotopic (exact) mass is 252 g/mol. The number of nitrogens with two attached hydrogens (primary N) is 1. The fourth-order valence-corrected chi connectivity index (χ4v) is 2.27. The Hall–Kier alpha value is -1.62. The molecule has 18 heavy (non-hydrogen) atoms. The summed E-state index contributed by atoms with van der Waals surface area (Å²) in [5.41, 5.74) is 5.89. The van der Waals surface area contributed by atoms with Crippen LogP contribution in [0.2, 0.25) is 0 Å². The zero-order valence-electron chi connectivity index (χ0n) is 10.0. The first-order valence-electron chi connectivity index (χ1n) is 6.11. The fraction of sp³-hybridized carbons (Fsp3) is 0.462. The highest BCUT2D eigenvalue weighted by Gasteiger charge is 2.24. The molecule has 0 aliphatic heterocycles. The Labute approximate surface area is 105 Å². The van der Waals surface area contributed by atoms with Crippen molar-refractivity contribution in [3.63, 3.8) is 0 Å². The lowest BCUT2D eigenvalue weighted by atomic mass is 9.92. The molecule has 98 valence electrons. The SMILES string of the molecule is Nc1cc(F)cc(C(=O)N[C@H]2CCCC[C@@H]2O)c1. The van der Waals surface area contributed by atoms with Crippen molar-refractivity contribution < 1.29 is 14.3 Å². The first kappa shape index (κ1) is 12.8. The van der Waals surface area contributed by atoms with Crippen LogP contribution >= 0.6 is 0 Å². The Balaban J connectivity index is 2.06. The molecule has 0 unspecified atom stereocenters. The van der Waals surface area contributed by atoms with Gasteiger partial charge in [-0.25, -0.2) is 4.39 Å². The van der Waals surface area contributed by atoms with E-state index in [4.69, 9.17) is 5.73 Å². The van der Waals surface area contributed by atoms with E-state index in [-0.39, 0.29) is 17.3 Å². The first-order valence-corrected chi connectivity index (χ1v) is 6.11. The number of nitrogens with one attached hydrogen (secondary N) is 1. The predicted molar refractivity (Wildman–Crippen MR) is 66.5 cm³/mol. The lowest BCUT2D eigenvalue weighted by Gasteiger charge is -2.28. The first-order chi connectivity index (χ1) is 8.56. The number of halogens is 1. The second-order valence-electron chi connectivity index (χ2n) is 4.70. The van der Waals surface area contributed by atoms with E-state index in [1.807, 2.05) is 0 Å². The van der Waals surface area contributed by atoms with E-state index in [9.17, 15) is 14.3 Å². The van der Waals surface area contributed by atoms with Crippen LogP contribution in [0.15, 0.2) is 18.2 Å². The maximum Gasteiger partial charge on any atom is 0.251 e. The van der Waals surface area contributed by atoms with Crippen LogP contribution in [0, 0.1) is 5.82 Å². The van der Waals surface area contributed by atoms with Gasteiger partial charge in [0.15, 0.2) is 0 Å². The third kappa shape index (κ3) is 2.98. The number of aliphatic hydroxyl groups excluding tert-OH is 1. The van der Waals surface area contributed by atoms with Gasteiger partial charge in [0.25, 0.3) is 5.91 Å². The van der Waals surface area contributed by atoms with Crippen LogP contribution in [0.5, 0.6) is 0 Å². The molecule has 4 N–H and O–H groups in total. The van der Waals surface area contributed by atoms with Gasteiger partial charge < -0.3 is 16.2 Å². The number of aliphatic hydroxyl groups is 1. The number of rotatable bonds is 2. The number of benzene rings is 1. The van der Waals surface area contributed by atoms with Crippen LogP contribution in [0.3, 0.4) is 0 Å². The molecule has 2 rings (SSSR count). The topological polar surface area (TPSA) is 75.4 Å². The summed E-state index contributed by atoms with van der Waals surface area (Å²) in [7, 11) is 0. The van der Waals surface area contributed by atoms with E-state index >= 15 is 0 Å². The summed E-state index contributed by atoms with van der Waals surface area (Å²) in [6.07, 6.45) is 2.87. The standard InChI is InChI=1S/C13H17FN2O2/c14-9-5-8(6-10(15)7-9)13(18)16-11-3-1-2-4-12(11)17/h5-7,11-12,17H,1-4,15H2,(H,16,18)/t11-,12-/m0/s1. The number of carbonyl (C=O) groups excluding carboxylic acids is 1. The normalized spacial score (nSPS) is 23.7. The lowest BCUT2D eigenvalue weighted by Crippen LogP contribution is -2.45. The van der Waals surface area contributed by atoms with Crippen molar-refractivity contribution >= 4 is 11.6 Å². The van der Waals surface area contributed by atoms with Gasteiger partial charge in [0, 0.05) is 11.3 Å². The summed E-state index contributed by atoms with van der Waals surface area (Å²) in [6.45, 7) is 0. The Morgan fingerprint density at radius 1 is 1.33 bits per heavy atom. The van der Waals surface area contributed by atoms with E-state index in [1.165, 1.54) is 6.07 Å². The van der Waals surface area contributed by atoms with Crippen molar-refractivity contribution in [2.24, 2.45) is 0 Å². The summed E-state index contributed by atoms with van der Waals surface area (Å²) >= 11 is 0. The second kappa shape index (κ2) is 5.35. The van der Waals surface area contributed by atoms with Crippen molar-refractivity contribution in [2.75, 3.05) is 5.73 Å². The highest BCUT2D eigenvalue weighted by molar-refractivity contribution is 5.95. The molecular weight excluding hydrogens is 235 g/mol.